The Hall–Kier alpha value is -8.09. The second kappa shape index (κ2) is 14.8. The van der Waals surface area contributed by atoms with Crippen molar-refractivity contribution < 1.29 is 15.0 Å². The van der Waals surface area contributed by atoms with E-state index in [1.165, 1.54) is 0 Å². The summed E-state index contributed by atoms with van der Waals surface area (Å²) in [6, 6.07) is 56.9. The van der Waals surface area contributed by atoms with E-state index < -0.39 is 0 Å². The maximum absolute atomic E-state index is 9.24. The molecule has 0 radical (unpaired) electrons. The van der Waals surface area contributed by atoms with E-state index >= 15 is 0 Å². The van der Waals surface area contributed by atoms with Crippen molar-refractivity contribution in [2.75, 3.05) is 16.5 Å². The van der Waals surface area contributed by atoms with Gasteiger partial charge in [0, 0.05) is 51.5 Å². The van der Waals surface area contributed by atoms with E-state index in [2.05, 4.69) is 128 Å². The highest BCUT2D eigenvalue weighted by molar-refractivity contribution is 6.09. The second-order valence-electron chi connectivity index (χ2n) is 17.4. The van der Waals surface area contributed by atoms with Gasteiger partial charge in [-0.1, -0.05) is 130 Å². The number of nitrogens with zero attached hydrogens (tertiary/aromatic N) is 4. The number of anilines is 4. The molecule has 10 aromatic rings. The number of rotatable bonds is 1. The lowest BCUT2D eigenvalue weighted by atomic mass is 9.82. The Kier molecular flexibility index (Phi) is 7.74. The third-order valence-electron chi connectivity index (χ3n) is 12.3. The number of aromatic nitrogens is 2. The highest BCUT2D eigenvalue weighted by atomic mass is 16.5. The fourth-order valence-corrected chi connectivity index (χ4v) is 9.38. The van der Waals surface area contributed by atoms with Crippen molar-refractivity contribution in [1.29, 1.82) is 0 Å². The Morgan fingerprint density at radius 3 is 1.95 bits per heavy atom. The van der Waals surface area contributed by atoms with E-state index in [1.807, 2.05) is 83.6 Å². The molecule has 8 aromatic carbocycles. The minimum atomic E-state index is -0.357. The van der Waals surface area contributed by atoms with Gasteiger partial charge in [-0.3, -0.25) is 4.57 Å². The average Bonchev–Trinajstić information content (AvgIpc) is 3.91. The second-order valence-corrected chi connectivity index (χ2v) is 17.4. The van der Waals surface area contributed by atoms with Gasteiger partial charge in [-0.05, 0) is 100 Å². The van der Waals surface area contributed by atoms with Gasteiger partial charge in [-0.2, -0.15) is 0 Å². The summed E-state index contributed by atoms with van der Waals surface area (Å²) in [6.07, 6.45) is 1.86. The third kappa shape index (κ3) is 6.37. The van der Waals surface area contributed by atoms with Crippen molar-refractivity contribution in [2.24, 2.45) is 0 Å². The number of ether oxygens (including phenoxy) is 2. The van der Waals surface area contributed by atoms with Crippen LogP contribution in [0.15, 0.2) is 200 Å². The number of hydrogen-bond donors (Lipinski definition) is 0. The molecule has 6 heteroatoms. The minimum Gasteiger partial charge on any atom is -0.457 e. The molecule has 4 aliphatic rings. The van der Waals surface area contributed by atoms with Crippen molar-refractivity contribution in [1.82, 2.24) is 9.55 Å². The van der Waals surface area contributed by atoms with Crippen molar-refractivity contribution in [3.05, 3.63) is 206 Å². The third-order valence-corrected chi connectivity index (χ3v) is 12.3. The van der Waals surface area contributed by atoms with Crippen LogP contribution in [-0.2, 0) is 5.41 Å². The Labute approximate surface area is 378 Å². The lowest BCUT2D eigenvalue weighted by molar-refractivity contribution is 0.483. The predicted molar refractivity (Wildman–Crippen MR) is 262 cm³/mol. The summed E-state index contributed by atoms with van der Waals surface area (Å²) in [5.41, 5.74) is 12.0. The van der Waals surface area contributed by atoms with Crippen molar-refractivity contribution in [3.8, 4) is 62.2 Å². The lowest BCUT2D eigenvalue weighted by Gasteiger charge is -2.27. The summed E-state index contributed by atoms with van der Waals surface area (Å²) in [5, 5.41) is 1.08. The van der Waals surface area contributed by atoms with Gasteiger partial charge in [-0.15, -0.1) is 0 Å². The number of hydrogen-bond acceptors (Lipinski definition) is 5. The number of pyridine rings is 1. The zero-order valence-electron chi connectivity index (χ0n) is 39.6. The van der Waals surface area contributed by atoms with Crippen LogP contribution < -0.4 is 19.3 Å². The van der Waals surface area contributed by atoms with Crippen LogP contribution in [0.4, 0.5) is 22.7 Å². The molecule has 0 saturated carbocycles. The first-order valence-electron chi connectivity index (χ1n) is 23.5. The number of para-hydroxylation sites is 4. The Morgan fingerprint density at radius 1 is 0.516 bits per heavy atom. The first-order valence-corrected chi connectivity index (χ1v) is 21.5. The van der Waals surface area contributed by atoms with Crippen LogP contribution in [0, 0.1) is 0 Å². The molecule has 0 unspecified atom stereocenters. The summed E-state index contributed by atoms with van der Waals surface area (Å²) >= 11 is 0. The number of benzene rings is 8. The van der Waals surface area contributed by atoms with Crippen molar-refractivity contribution in [3.63, 3.8) is 0 Å². The van der Waals surface area contributed by atoms with Crippen molar-refractivity contribution in [2.45, 2.75) is 26.2 Å². The van der Waals surface area contributed by atoms with Crippen LogP contribution in [0.25, 0.3) is 61.0 Å². The summed E-state index contributed by atoms with van der Waals surface area (Å²) in [7, 11) is 0. The van der Waals surface area contributed by atoms with Gasteiger partial charge >= 0.3 is 0 Å². The van der Waals surface area contributed by atoms with Gasteiger partial charge in [0.15, 0.2) is 0 Å². The van der Waals surface area contributed by atoms with E-state index in [0.29, 0.717) is 57.3 Å². The van der Waals surface area contributed by atoms with Crippen LogP contribution in [0.3, 0.4) is 0 Å². The molecule has 64 heavy (non-hydrogen) atoms. The van der Waals surface area contributed by atoms with Crippen molar-refractivity contribution >= 4 is 44.6 Å². The molecule has 0 saturated heterocycles. The van der Waals surface area contributed by atoms with Gasteiger partial charge in [0.2, 0.25) is 0 Å². The maximum Gasteiger partial charge on any atom is 0.137 e. The molecule has 0 amide bonds. The van der Waals surface area contributed by atoms with E-state index in [-0.39, 0.29) is 29.6 Å². The fourth-order valence-electron chi connectivity index (χ4n) is 9.38. The fraction of sp³-hybridized carbons (Fsp3) is 0.0862. The molecule has 0 spiro atoms. The first kappa shape index (κ1) is 33.5. The zero-order chi connectivity index (χ0) is 46.4. The molecule has 0 N–H and O–H groups in total. The molecule has 308 valence electrons. The normalized spacial score (nSPS) is 13.9. The topological polar surface area (TPSA) is 42.8 Å². The van der Waals surface area contributed by atoms with Crippen LogP contribution in [0.5, 0.6) is 23.0 Å². The van der Waals surface area contributed by atoms with Gasteiger partial charge in [0.25, 0.3) is 0 Å². The molecule has 2 aromatic heterocycles. The summed E-state index contributed by atoms with van der Waals surface area (Å²) in [6.45, 7) is 7.01. The standard InChI is InChI=1S/C58H44N4O2/c1-58(2,3)51-35-56-59-36-50(51)40-16-11-18-43(32-40)63-42-28-26-39(27-29-42)47-22-13-21-46(38-14-5-4-6-15-38)57(47)61-37-60(53-24-9-10-25-54(53)61)41-17-12-19-44(33-41)64-45-30-31-49-48-20-7-8-23-52(48)62(56)55(49)34-45/h4-36H,37H2,1-3H3/i7D,8D,20D,23D. The van der Waals surface area contributed by atoms with Gasteiger partial charge in [0.05, 0.1) is 33.6 Å². The summed E-state index contributed by atoms with van der Waals surface area (Å²) in [5.74, 6) is 3.08. The Morgan fingerprint density at radius 2 is 1.16 bits per heavy atom. The highest BCUT2D eigenvalue weighted by Gasteiger charge is 2.32. The van der Waals surface area contributed by atoms with E-state index in [0.717, 1.165) is 61.7 Å². The average molecular weight is 833 g/mol. The summed E-state index contributed by atoms with van der Waals surface area (Å²) in [4.78, 5) is 9.80. The SMILES string of the molecule is [2H]c1c([2H])c([2H])c2c(c1[2H])c1ccc3cc1n2-c1cc(C(C)(C)C)c(cn1)-c1cccc(c1)Oc1ccc(cc1)-c1cccc(-c2ccccc2)c1N1CN(c2cccc(c2)O3)c2ccccc21. The van der Waals surface area contributed by atoms with Crippen LogP contribution >= 0.6 is 0 Å². The zero-order valence-corrected chi connectivity index (χ0v) is 35.6. The molecule has 14 rings (SSSR count). The van der Waals surface area contributed by atoms with E-state index in [9.17, 15) is 1.37 Å². The molecule has 12 bridgehead atoms. The minimum absolute atomic E-state index is 0.108. The highest BCUT2D eigenvalue weighted by Crippen LogP contribution is 2.51. The lowest BCUT2D eigenvalue weighted by Crippen LogP contribution is -2.24. The van der Waals surface area contributed by atoms with E-state index in [1.54, 1.807) is 0 Å². The summed E-state index contributed by atoms with van der Waals surface area (Å²) < 4.78 is 51.0. The molecule has 6 heterocycles. The molecule has 6 nitrogen and oxygen atoms in total. The molecule has 0 atom stereocenters. The molecule has 0 fully saturated rings. The van der Waals surface area contributed by atoms with Gasteiger partial charge < -0.3 is 19.3 Å². The molecular formula is C58H44N4O2. The maximum atomic E-state index is 9.24. The van der Waals surface area contributed by atoms with Gasteiger partial charge in [-0.25, -0.2) is 4.98 Å². The molecule has 0 aliphatic carbocycles. The molecular weight excluding hydrogens is 785 g/mol. The Bertz CT molecular complexity index is 3660. The number of fused-ring (bicyclic) bond motifs is 5. The van der Waals surface area contributed by atoms with Crippen LogP contribution in [-0.4, -0.2) is 16.2 Å². The van der Waals surface area contributed by atoms with Gasteiger partial charge in [0.1, 0.15) is 35.5 Å². The monoisotopic (exact) mass is 832 g/mol. The molecule has 4 aliphatic heterocycles. The largest absolute Gasteiger partial charge is 0.457 e. The van der Waals surface area contributed by atoms with Crippen LogP contribution in [0.2, 0.25) is 0 Å². The quantitative estimate of drug-likeness (QED) is 0.165. The first-order chi connectivity index (χ1) is 33.0. The predicted octanol–water partition coefficient (Wildman–Crippen LogP) is 15.6. The Balaban J connectivity index is 1.09. The van der Waals surface area contributed by atoms with E-state index in [4.69, 9.17) is 18.6 Å². The van der Waals surface area contributed by atoms with Crippen LogP contribution in [0.1, 0.15) is 31.8 Å². The smallest absolute Gasteiger partial charge is 0.137 e.